The van der Waals surface area contributed by atoms with Crippen molar-refractivity contribution in [2.45, 2.75) is 13.3 Å². The van der Waals surface area contributed by atoms with Crippen LogP contribution in [0.3, 0.4) is 0 Å². The summed E-state index contributed by atoms with van der Waals surface area (Å²) in [5.41, 5.74) is 7.60. The van der Waals surface area contributed by atoms with Gasteiger partial charge in [-0.1, -0.05) is 29.3 Å². The average Bonchev–Trinajstić information content (AvgIpc) is 2.44. The van der Waals surface area contributed by atoms with Crippen LogP contribution in [0.2, 0.25) is 10.0 Å². The Morgan fingerprint density at radius 2 is 1.76 bits per heavy atom. The first-order valence-electron chi connectivity index (χ1n) is 6.63. The number of nitrogens with two attached hydrogens (primary N) is 1. The molecule has 0 aromatic heterocycles. The molecular weight excluding hydrogens is 309 g/mol. The van der Waals surface area contributed by atoms with Gasteiger partial charge in [0.15, 0.2) is 0 Å². The highest BCUT2D eigenvalue weighted by Gasteiger charge is 2.02. The molecule has 0 saturated carbocycles. The van der Waals surface area contributed by atoms with E-state index in [2.05, 4.69) is 0 Å². The Morgan fingerprint density at radius 1 is 1.00 bits per heavy atom. The number of anilines is 1. The third kappa shape index (κ3) is 4.73. The van der Waals surface area contributed by atoms with Crippen molar-refractivity contribution in [3.05, 3.63) is 52.0 Å². The lowest BCUT2D eigenvalue weighted by molar-refractivity contribution is 0.247. The first-order chi connectivity index (χ1) is 10.1. The Bertz CT molecular complexity index is 617. The predicted molar refractivity (Wildman–Crippen MR) is 87.7 cm³/mol. The zero-order chi connectivity index (χ0) is 15.2. The molecular formula is C16H17Cl2NO2. The van der Waals surface area contributed by atoms with Gasteiger partial charge in [0.25, 0.3) is 0 Å². The quantitative estimate of drug-likeness (QED) is 0.616. The van der Waals surface area contributed by atoms with Gasteiger partial charge in [0.2, 0.25) is 0 Å². The van der Waals surface area contributed by atoms with Crippen LogP contribution in [-0.4, -0.2) is 13.2 Å². The minimum Gasteiger partial charge on any atom is -0.493 e. The third-order valence-electron chi connectivity index (χ3n) is 2.96. The van der Waals surface area contributed by atoms with Gasteiger partial charge in [-0.25, -0.2) is 0 Å². The second-order valence-electron chi connectivity index (χ2n) is 4.64. The Kier molecular flexibility index (Phi) is 5.59. The molecule has 0 unspecified atom stereocenters. The van der Waals surface area contributed by atoms with E-state index >= 15 is 0 Å². The Hall–Kier alpha value is -1.58. The maximum Gasteiger partial charge on any atom is 0.137 e. The summed E-state index contributed by atoms with van der Waals surface area (Å²) in [4.78, 5) is 0. The van der Waals surface area contributed by atoms with Crippen molar-refractivity contribution in [2.24, 2.45) is 0 Å². The highest BCUT2D eigenvalue weighted by atomic mass is 35.5. The van der Waals surface area contributed by atoms with Gasteiger partial charge in [-0.2, -0.15) is 0 Å². The number of hydrogen-bond acceptors (Lipinski definition) is 3. The van der Waals surface area contributed by atoms with Crippen LogP contribution in [-0.2, 0) is 0 Å². The summed E-state index contributed by atoms with van der Waals surface area (Å²) in [6.45, 7) is 3.03. The van der Waals surface area contributed by atoms with E-state index in [0.29, 0.717) is 29.0 Å². The van der Waals surface area contributed by atoms with E-state index in [4.69, 9.17) is 38.4 Å². The average molecular weight is 326 g/mol. The van der Waals surface area contributed by atoms with Crippen molar-refractivity contribution < 1.29 is 9.47 Å². The standard InChI is InChI=1S/C16H17Cl2NO2/c1-11-3-5-13(10-15(11)19)20-7-2-8-21-16-6-4-12(17)9-14(16)18/h3-6,9-10H,2,7-8,19H2,1H3. The second-order valence-corrected chi connectivity index (χ2v) is 5.49. The molecule has 2 aromatic rings. The van der Waals surface area contributed by atoms with Crippen LogP contribution < -0.4 is 15.2 Å². The smallest absolute Gasteiger partial charge is 0.137 e. The van der Waals surface area contributed by atoms with Crippen molar-refractivity contribution in [3.63, 3.8) is 0 Å². The third-order valence-corrected chi connectivity index (χ3v) is 3.49. The summed E-state index contributed by atoms with van der Waals surface area (Å²) in [6, 6.07) is 10.8. The van der Waals surface area contributed by atoms with Crippen LogP contribution >= 0.6 is 23.2 Å². The number of nitrogen functional groups attached to an aromatic ring is 1. The van der Waals surface area contributed by atoms with Gasteiger partial charge in [-0.3, -0.25) is 0 Å². The second kappa shape index (κ2) is 7.43. The van der Waals surface area contributed by atoms with E-state index < -0.39 is 0 Å². The molecule has 2 rings (SSSR count). The SMILES string of the molecule is Cc1ccc(OCCCOc2ccc(Cl)cc2Cl)cc1N. The molecule has 0 spiro atoms. The summed E-state index contributed by atoms with van der Waals surface area (Å²) < 4.78 is 11.2. The van der Waals surface area contributed by atoms with Crippen molar-refractivity contribution in [1.82, 2.24) is 0 Å². The lowest BCUT2D eigenvalue weighted by Gasteiger charge is -2.10. The van der Waals surface area contributed by atoms with Gasteiger partial charge < -0.3 is 15.2 Å². The van der Waals surface area contributed by atoms with E-state index in [9.17, 15) is 0 Å². The number of halogens is 2. The molecule has 0 amide bonds. The maximum absolute atomic E-state index is 6.02. The van der Waals surface area contributed by atoms with Gasteiger partial charge in [0, 0.05) is 23.2 Å². The van der Waals surface area contributed by atoms with Crippen LogP contribution in [0, 0.1) is 6.92 Å². The molecule has 2 aromatic carbocycles. The lowest BCUT2D eigenvalue weighted by atomic mass is 10.2. The lowest BCUT2D eigenvalue weighted by Crippen LogP contribution is -2.05. The molecule has 21 heavy (non-hydrogen) atoms. The normalized spacial score (nSPS) is 10.4. The predicted octanol–water partition coefficient (Wildman–Crippen LogP) is 4.73. The van der Waals surface area contributed by atoms with Crippen molar-refractivity contribution in [2.75, 3.05) is 18.9 Å². The largest absolute Gasteiger partial charge is 0.493 e. The molecule has 3 nitrogen and oxygen atoms in total. The molecule has 0 atom stereocenters. The van der Waals surface area contributed by atoms with Crippen LogP contribution in [0.15, 0.2) is 36.4 Å². The molecule has 0 saturated heterocycles. The topological polar surface area (TPSA) is 44.5 Å². The summed E-state index contributed by atoms with van der Waals surface area (Å²) in [5.74, 6) is 1.39. The number of benzene rings is 2. The number of ether oxygens (including phenoxy) is 2. The zero-order valence-corrected chi connectivity index (χ0v) is 13.2. The van der Waals surface area contributed by atoms with Gasteiger partial charge in [-0.15, -0.1) is 0 Å². The summed E-state index contributed by atoms with van der Waals surface area (Å²) in [6.07, 6.45) is 0.743. The number of rotatable bonds is 6. The molecule has 112 valence electrons. The highest BCUT2D eigenvalue weighted by Crippen LogP contribution is 2.27. The number of hydrogen-bond donors (Lipinski definition) is 1. The molecule has 0 aliphatic carbocycles. The molecule has 0 fully saturated rings. The molecule has 0 heterocycles. The van der Waals surface area contributed by atoms with E-state index in [0.717, 1.165) is 23.4 Å². The molecule has 0 radical (unpaired) electrons. The van der Waals surface area contributed by atoms with Crippen LogP contribution in [0.5, 0.6) is 11.5 Å². The van der Waals surface area contributed by atoms with E-state index in [-0.39, 0.29) is 0 Å². The number of aryl methyl sites for hydroxylation is 1. The van der Waals surface area contributed by atoms with Crippen LogP contribution in [0.1, 0.15) is 12.0 Å². The zero-order valence-electron chi connectivity index (χ0n) is 11.7. The Balaban J connectivity index is 1.73. The summed E-state index contributed by atoms with van der Waals surface area (Å²) >= 11 is 11.8. The van der Waals surface area contributed by atoms with Gasteiger partial charge >= 0.3 is 0 Å². The van der Waals surface area contributed by atoms with Crippen molar-refractivity contribution in [1.29, 1.82) is 0 Å². The van der Waals surface area contributed by atoms with Crippen LogP contribution in [0.25, 0.3) is 0 Å². The van der Waals surface area contributed by atoms with Crippen molar-refractivity contribution >= 4 is 28.9 Å². The van der Waals surface area contributed by atoms with Gasteiger partial charge in [-0.05, 0) is 36.8 Å². The van der Waals surface area contributed by atoms with Gasteiger partial charge in [0.05, 0.1) is 18.2 Å². The van der Waals surface area contributed by atoms with E-state index in [1.54, 1.807) is 18.2 Å². The minimum absolute atomic E-state index is 0.509. The molecule has 0 aliphatic heterocycles. The Morgan fingerprint density at radius 3 is 2.48 bits per heavy atom. The summed E-state index contributed by atoms with van der Waals surface area (Å²) in [7, 11) is 0. The maximum atomic E-state index is 6.02. The van der Waals surface area contributed by atoms with Crippen LogP contribution in [0.4, 0.5) is 5.69 Å². The molecule has 0 bridgehead atoms. The Labute approximate surface area is 134 Å². The molecule has 5 heteroatoms. The van der Waals surface area contributed by atoms with Gasteiger partial charge in [0.1, 0.15) is 11.5 Å². The summed E-state index contributed by atoms with van der Waals surface area (Å²) in [5, 5.41) is 1.10. The van der Waals surface area contributed by atoms with E-state index in [1.165, 1.54) is 0 Å². The van der Waals surface area contributed by atoms with E-state index in [1.807, 2.05) is 25.1 Å². The highest BCUT2D eigenvalue weighted by molar-refractivity contribution is 6.35. The fraction of sp³-hybridized carbons (Fsp3) is 0.250. The monoisotopic (exact) mass is 325 g/mol. The minimum atomic E-state index is 0.509. The first kappa shape index (κ1) is 15.8. The molecule has 0 aliphatic rings. The first-order valence-corrected chi connectivity index (χ1v) is 7.38. The fourth-order valence-electron chi connectivity index (χ4n) is 1.73. The fourth-order valence-corrected chi connectivity index (χ4v) is 2.19. The molecule has 2 N–H and O–H groups in total. The van der Waals surface area contributed by atoms with Crippen molar-refractivity contribution in [3.8, 4) is 11.5 Å².